The third-order valence-electron chi connectivity index (χ3n) is 3.92. The summed E-state index contributed by atoms with van der Waals surface area (Å²) in [5.74, 6) is -0.206. The molecule has 0 aliphatic heterocycles. The van der Waals surface area contributed by atoms with Gasteiger partial charge in [0.1, 0.15) is 11.6 Å². The van der Waals surface area contributed by atoms with E-state index in [1.54, 1.807) is 25.1 Å². The second-order valence-electron chi connectivity index (χ2n) is 5.87. The lowest BCUT2D eigenvalue weighted by molar-refractivity contribution is -0.137. The summed E-state index contributed by atoms with van der Waals surface area (Å²) >= 11 is 0. The number of carbonyl (C=O) groups excluding carboxylic acids is 2. The van der Waals surface area contributed by atoms with Crippen LogP contribution in [0.25, 0.3) is 0 Å². The van der Waals surface area contributed by atoms with Crippen molar-refractivity contribution in [2.45, 2.75) is 20.4 Å². The van der Waals surface area contributed by atoms with Crippen molar-refractivity contribution in [3.05, 3.63) is 65.5 Å². The van der Waals surface area contributed by atoms with Gasteiger partial charge in [-0.2, -0.15) is 0 Å². The summed E-state index contributed by atoms with van der Waals surface area (Å²) in [6.07, 6.45) is 0. The Morgan fingerprint density at radius 2 is 1.81 bits per heavy atom. The van der Waals surface area contributed by atoms with E-state index in [0.717, 1.165) is 11.1 Å². The Bertz CT molecular complexity index is 747. The first kappa shape index (κ1) is 19.4. The summed E-state index contributed by atoms with van der Waals surface area (Å²) < 4.78 is 18.4. The maximum absolute atomic E-state index is 12.9. The maximum Gasteiger partial charge on any atom is 0.260 e. The normalized spacial score (nSPS) is 10.3. The third kappa shape index (κ3) is 5.88. The Labute approximate surface area is 152 Å². The van der Waals surface area contributed by atoms with Crippen molar-refractivity contribution in [2.24, 2.45) is 0 Å². The first-order valence-electron chi connectivity index (χ1n) is 8.47. The van der Waals surface area contributed by atoms with Crippen molar-refractivity contribution in [3.8, 4) is 5.75 Å². The van der Waals surface area contributed by atoms with Crippen LogP contribution in [0.2, 0.25) is 0 Å². The van der Waals surface area contributed by atoms with Gasteiger partial charge in [-0.1, -0.05) is 30.3 Å². The number of aryl methyl sites for hydroxylation is 1. The Morgan fingerprint density at radius 1 is 1.12 bits per heavy atom. The molecule has 0 radical (unpaired) electrons. The molecule has 0 heterocycles. The number of hydrogen-bond donors (Lipinski definition) is 1. The maximum atomic E-state index is 12.9. The molecule has 138 valence electrons. The molecular formula is C20H23FN2O3. The predicted molar refractivity (Wildman–Crippen MR) is 97.2 cm³/mol. The minimum atomic E-state index is -0.323. The minimum Gasteiger partial charge on any atom is -0.484 e. The van der Waals surface area contributed by atoms with Crippen molar-refractivity contribution >= 4 is 11.8 Å². The number of hydrogen-bond acceptors (Lipinski definition) is 3. The van der Waals surface area contributed by atoms with E-state index < -0.39 is 0 Å². The second kappa shape index (κ2) is 9.56. The Kier molecular flexibility index (Phi) is 7.14. The number of nitrogens with zero attached hydrogens (tertiary/aromatic N) is 1. The van der Waals surface area contributed by atoms with E-state index in [1.165, 1.54) is 17.0 Å². The van der Waals surface area contributed by atoms with Gasteiger partial charge in [0, 0.05) is 13.1 Å². The average Bonchev–Trinajstić information content (AvgIpc) is 2.64. The van der Waals surface area contributed by atoms with E-state index in [-0.39, 0.29) is 37.3 Å². The molecule has 2 amide bonds. The molecule has 0 atom stereocenters. The van der Waals surface area contributed by atoms with Crippen molar-refractivity contribution in [3.63, 3.8) is 0 Å². The van der Waals surface area contributed by atoms with Crippen LogP contribution >= 0.6 is 0 Å². The van der Waals surface area contributed by atoms with Crippen molar-refractivity contribution < 1.29 is 18.7 Å². The van der Waals surface area contributed by atoms with Crippen LogP contribution in [0, 0.1) is 12.7 Å². The highest BCUT2D eigenvalue weighted by Crippen LogP contribution is 2.16. The van der Waals surface area contributed by atoms with Gasteiger partial charge in [0.2, 0.25) is 5.91 Å². The van der Waals surface area contributed by atoms with Crippen LogP contribution in [0.5, 0.6) is 5.75 Å². The minimum absolute atomic E-state index is 0.0480. The quantitative estimate of drug-likeness (QED) is 0.789. The van der Waals surface area contributed by atoms with Crippen LogP contribution in [0.3, 0.4) is 0 Å². The molecule has 0 saturated heterocycles. The molecule has 2 aromatic rings. The molecule has 2 aromatic carbocycles. The van der Waals surface area contributed by atoms with Gasteiger partial charge in [-0.05, 0) is 43.2 Å². The molecule has 26 heavy (non-hydrogen) atoms. The second-order valence-corrected chi connectivity index (χ2v) is 5.87. The zero-order valence-electron chi connectivity index (χ0n) is 15.0. The van der Waals surface area contributed by atoms with Gasteiger partial charge in [-0.25, -0.2) is 4.39 Å². The summed E-state index contributed by atoms with van der Waals surface area (Å²) in [5.41, 5.74) is 1.73. The van der Waals surface area contributed by atoms with Gasteiger partial charge >= 0.3 is 0 Å². The number of ether oxygens (including phenoxy) is 1. The fourth-order valence-electron chi connectivity index (χ4n) is 2.36. The molecule has 2 rings (SSSR count). The van der Waals surface area contributed by atoms with Crippen LogP contribution < -0.4 is 10.1 Å². The molecule has 0 bridgehead atoms. The summed E-state index contributed by atoms with van der Waals surface area (Å²) in [4.78, 5) is 25.8. The highest BCUT2D eigenvalue weighted by molar-refractivity contribution is 5.85. The number of benzene rings is 2. The molecular weight excluding hydrogens is 335 g/mol. The number of para-hydroxylation sites is 1. The SMILES string of the molecule is CCN(CC(=O)NCc1ccc(F)cc1)C(=O)COc1ccccc1C. The molecule has 0 aliphatic carbocycles. The molecule has 0 aromatic heterocycles. The summed E-state index contributed by atoms with van der Waals surface area (Å²) in [5, 5.41) is 2.72. The first-order chi connectivity index (χ1) is 12.5. The van der Waals surface area contributed by atoms with Crippen LogP contribution in [-0.2, 0) is 16.1 Å². The Hall–Kier alpha value is -2.89. The predicted octanol–water partition coefficient (Wildman–Crippen LogP) is 2.68. The lowest BCUT2D eigenvalue weighted by Crippen LogP contribution is -2.42. The van der Waals surface area contributed by atoms with Crippen LogP contribution in [0.15, 0.2) is 48.5 Å². The zero-order chi connectivity index (χ0) is 18.9. The lowest BCUT2D eigenvalue weighted by atomic mass is 10.2. The fraction of sp³-hybridized carbons (Fsp3) is 0.300. The van der Waals surface area contributed by atoms with Crippen molar-refractivity contribution in [1.29, 1.82) is 0 Å². The van der Waals surface area contributed by atoms with Crippen LogP contribution in [0.4, 0.5) is 4.39 Å². The topological polar surface area (TPSA) is 58.6 Å². The Morgan fingerprint density at radius 3 is 2.46 bits per heavy atom. The monoisotopic (exact) mass is 358 g/mol. The number of likely N-dealkylation sites (N-methyl/N-ethyl adjacent to an activating group) is 1. The van der Waals surface area contributed by atoms with Crippen molar-refractivity contribution in [1.82, 2.24) is 10.2 Å². The van der Waals surface area contributed by atoms with E-state index >= 15 is 0 Å². The number of amides is 2. The van der Waals surface area contributed by atoms with Gasteiger partial charge in [-0.15, -0.1) is 0 Å². The van der Waals surface area contributed by atoms with E-state index in [2.05, 4.69) is 5.32 Å². The lowest BCUT2D eigenvalue weighted by Gasteiger charge is -2.20. The molecule has 0 spiro atoms. The standard InChI is InChI=1S/C20H23FN2O3/c1-3-23(20(25)14-26-18-7-5-4-6-15(18)2)13-19(24)22-12-16-8-10-17(21)11-9-16/h4-11H,3,12-14H2,1-2H3,(H,22,24). The first-order valence-corrected chi connectivity index (χ1v) is 8.47. The molecule has 1 N–H and O–H groups in total. The van der Waals surface area contributed by atoms with Crippen molar-refractivity contribution in [2.75, 3.05) is 19.7 Å². The number of rotatable bonds is 8. The Balaban J connectivity index is 1.81. The zero-order valence-corrected chi connectivity index (χ0v) is 15.0. The highest BCUT2D eigenvalue weighted by Gasteiger charge is 2.16. The smallest absolute Gasteiger partial charge is 0.260 e. The van der Waals surface area contributed by atoms with Gasteiger partial charge in [0.15, 0.2) is 6.61 Å². The van der Waals surface area contributed by atoms with Crippen LogP contribution in [-0.4, -0.2) is 36.4 Å². The third-order valence-corrected chi connectivity index (χ3v) is 3.92. The van der Waals surface area contributed by atoms with E-state index in [1.807, 2.05) is 25.1 Å². The summed E-state index contributed by atoms with van der Waals surface area (Å²) in [6.45, 7) is 4.22. The number of carbonyl (C=O) groups is 2. The summed E-state index contributed by atoms with van der Waals surface area (Å²) in [6, 6.07) is 13.3. The van der Waals surface area contributed by atoms with E-state index in [0.29, 0.717) is 12.3 Å². The van der Waals surface area contributed by atoms with Crippen LogP contribution in [0.1, 0.15) is 18.1 Å². The van der Waals surface area contributed by atoms with Gasteiger partial charge in [0.25, 0.3) is 5.91 Å². The number of nitrogens with one attached hydrogen (secondary N) is 1. The van der Waals surface area contributed by atoms with Gasteiger partial charge in [-0.3, -0.25) is 9.59 Å². The van der Waals surface area contributed by atoms with Gasteiger partial charge < -0.3 is 15.0 Å². The largest absolute Gasteiger partial charge is 0.484 e. The summed E-state index contributed by atoms with van der Waals surface area (Å²) in [7, 11) is 0. The molecule has 0 fully saturated rings. The molecule has 6 heteroatoms. The number of halogens is 1. The highest BCUT2D eigenvalue weighted by atomic mass is 19.1. The molecule has 0 saturated carbocycles. The van der Waals surface area contributed by atoms with E-state index in [4.69, 9.17) is 4.74 Å². The average molecular weight is 358 g/mol. The molecule has 0 aliphatic rings. The van der Waals surface area contributed by atoms with Gasteiger partial charge in [0.05, 0.1) is 6.54 Å². The molecule has 5 nitrogen and oxygen atoms in total. The molecule has 0 unspecified atom stereocenters. The van der Waals surface area contributed by atoms with E-state index in [9.17, 15) is 14.0 Å². The fourth-order valence-corrected chi connectivity index (χ4v) is 2.36.